The fraction of sp³-hybridized carbons (Fsp3) is 0.400. The summed E-state index contributed by atoms with van der Waals surface area (Å²) in [6, 6.07) is 13.5. The number of ether oxygens (including phenoxy) is 1. The zero-order chi connectivity index (χ0) is 41.7. The van der Waals surface area contributed by atoms with Crippen LogP contribution in [0, 0.1) is 33.6 Å². The molecule has 7 rings (SSSR count). The van der Waals surface area contributed by atoms with Gasteiger partial charge in [-0.3, -0.25) is 14.3 Å². The van der Waals surface area contributed by atoms with Crippen molar-refractivity contribution in [2.75, 3.05) is 38.8 Å². The maximum absolute atomic E-state index is 13.2. The first kappa shape index (κ1) is 43.5. The standard InChI is InChI=1S/C40H43Cl2N5O3.C4H9N.CH4O/c1-23-16-29(17-24(2)39(23)42)50-15-9-10-30-31-12-13-33(41)38(37-26(4)43-46(8)27(37)5)40(31)47(36(30)22-49)25(3)19-44(6)35-20-45(7)34-14-11-28(21-48)18-32(34)35;5-3-4-1-2-4;1-2/h11-14,16-18,20-22,25H,9-10,15,19H2,1-8H3;4H,1-3,5H2;2H,1H3/t25-;;/m1../s1. The van der Waals surface area contributed by atoms with Gasteiger partial charge in [0, 0.05) is 90.7 Å². The molecule has 3 N–H and O–H groups in total. The normalized spacial score (nSPS) is 12.9. The predicted octanol–water partition coefficient (Wildman–Crippen LogP) is 9.37. The average Bonchev–Trinajstić information content (AvgIpc) is 3.85. The van der Waals surface area contributed by atoms with Crippen LogP contribution in [-0.4, -0.2) is 70.4 Å². The van der Waals surface area contributed by atoms with E-state index in [0.717, 1.165) is 110 Å². The number of nitrogens with two attached hydrogens (primary N) is 1. The smallest absolute Gasteiger partial charge is 0.166 e. The monoisotopic (exact) mass is 814 g/mol. The van der Waals surface area contributed by atoms with E-state index in [1.54, 1.807) is 0 Å². The molecule has 0 bridgehead atoms. The molecule has 1 atom stereocenters. The predicted molar refractivity (Wildman–Crippen MR) is 235 cm³/mol. The Morgan fingerprint density at radius 2 is 1.67 bits per heavy atom. The second kappa shape index (κ2) is 18.8. The number of aryl methyl sites for hydroxylation is 6. The van der Waals surface area contributed by atoms with Gasteiger partial charge in [-0.05, 0) is 126 Å². The van der Waals surface area contributed by atoms with Crippen LogP contribution in [0.25, 0.3) is 32.9 Å². The average molecular weight is 816 g/mol. The van der Waals surface area contributed by atoms with Crippen molar-refractivity contribution in [3.05, 3.63) is 98.0 Å². The minimum Gasteiger partial charge on any atom is -0.494 e. The molecule has 6 aromatic rings. The van der Waals surface area contributed by atoms with Crippen molar-refractivity contribution < 1.29 is 19.4 Å². The van der Waals surface area contributed by atoms with Crippen molar-refractivity contribution in [2.45, 2.75) is 66.3 Å². The molecular weight excluding hydrogens is 759 g/mol. The number of carbonyl (C=O) groups is 2. The molecule has 1 aliphatic rings. The molecule has 304 valence electrons. The number of fused-ring (bicyclic) bond motifs is 2. The highest BCUT2D eigenvalue weighted by molar-refractivity contribution is 6.35. The number of benzene rings is 3. The highest BCUT2D eigenvalue weighted by Crippen LogP contribution is 2.43. The topological polar surface area (TPSA) is 121 Å². The molecule has 0 amide bonds. The Balaban J connectivity index is 0.000000810. The quantitative estimate of drug-likeness (QED) is 0.0881. The van der Waals surface area contributed by atoms with E-state index in [1.165, 1.54) is 12.8 Å². The van der Waals surface area contributed by atoms with Crippen molar-refractivity contribution in [1.82, 2.24) is 18.9 Å². The number of anilines is 1. The molecule has 12 heteroatoms. The molecule has 1 saturated carbocycles. The lowest BCUT2D eigenvalue weighted by molar-refractivity contribution is 0.110. The first-order valence-corrected chi connectivity index (χ1v) is 20.2. The third-order valence-electron chi connectivity index (χ3n) is 10.9. The van der Waals surface area contributed by atoms with Gasteiger partial charge in [-0.15, -0.1) is 0 Å². The van der Waals surface area contributed by atoms with Crippen LogP contribution in [0.5, 0.6) is 5.75 Å². The van der Waals surface area contributed by atoms with Crippen LogP contribution in [0.15, 0.2) is 48.7 Å². The van der Waals surface area contributed by atoms with Gasteiger partial charge in [-0.1, -0.05) is 29.3 Å². The third-order valence-corrected chi connectivity index (χ3v) is 11.8. The summed E-state index contributed by atoms with van der Waals surface area (Å²) in [4.78, 5) is 27.0. The Hall–Kier alpha value is -4.61. The largest absolute Gasteiger partial charge is 0.494 e. The van der Waals surface area contributed by atoms with E-state index in [0.29, 0.717) is 42.3 Å². The highest BCUT2D eigenvalue weighted by atomic mass is 35.5. The number of nitrogens with zero attached hydrogens (tertiary/aromatic N) is 5. The minimum atomic E-state index is -0.147. The lowest BCUT2D eigenvalue weighted by atomic mass is 9.98. The second-order valence-corrected chi connectivity index (χ2v) is 15.9. The molecule has 0 unspecified atom stereocenters. The van der Waals surface area contributed by atoms with Crippen molar-refractivity contribution in [2.24, 2.45) is 25.7 Å². The Morgan fingerprint density at radius 1 is 0.982 bits per heavy atom. The maximum Gasteiger partial charge on any atom is 0.166 e. The van der Waals surface area contributed by atoms with Gasteiger partial charge in [0.05, 0.1) is 34.2 Å². The van der Waals surface area contributed by atoms with Gasteiger partial charge < -0.3 is 29.6 Å². The van der Waals surface area contributed by atoms with Crippen molar-refractivity contribution in [1.29, 1.82) is 0 Å². The lowest BCUT2D eigenvalue weighted by Gasteiger charge is -2.26. The summed E-state index contributed by atoms with van der Waals surface area (Å²) >= 11 is 13.5. The van der Waals surface area contributed by atoms with Crippen LogP contribution >= 0.6 is 23.2 Å². The summed E-state index contributed by atoms with van der Waals surface area (Å²) in [5, 5.41) is 15.1. The van der Waals surface area contributed by atoms with Crippen LogP contribution in [0.3, 0.4) is 0 Å². The molecule has 0 radical (unpaired) electrons. The highest BCUT2D eigenvalue weighted by Gasteiger charge is 2.28. The number of aromatic nitrogens is 4. The summed E-state index contributed by atoms with van der Waals surface area (Å²) in [5.74, 6) is 1.69. The molecule has 3 heterocycles. The zero-order valence-electron chi connectivity index (χ0n) is 34.6. The van der Waals surface area contributed by atoms with Crippen LogP contribution in [0.2, 0.25) is 10.0 Å². The molecule has 3 aromatic heterocycles. The van der Waals surface area contributed by atoms with Gasteiger partial charge >= 0.3 is 0 Å². The third kappa shape index (κ3) is 9.10. The molecule has 1 aliphatic carbocycles. The van der Waals surface area contributed by atoms with Gasteiger partial charge in [0.1, 0.15) is 12.0 Å². The summed E-state index contributed by atoms with van der Waals surface area (Å²) < 4.78 is 12.3. The molecule has 1 fully saturated rings. The van der Waals surface area contributed by atoms with Crippen molar-refractivity contribution in [3.8, 4) is 16.9 Å². The van der Waals surface area contributed by atoms with Gasteiger partial charge in [0.2, 0.25) is 0 Å². The van der Waals surface area contributed by atoms with E-state index in [4.69, 9.17) is 43.9 Å². The van der Waals surface area contributed by atoms with Gasteiger partial charge in [0.25, 0.3) is 0 Å². The number of hydrogen-bond acceptors (Lipinski definition) is 7. The van der Waals surface area contributed by atoms with E-state index >= 15 is 0 Å². The number of halogens is 2. The fourth-order valence-corrected chi connectivity index (χ4v) is 8.17. The fourth-order valence-electron chi connectivity index (χ4n) is 7.81. The summed E-state index contributed by atoms with van der Waals surface area (Å²) in [7, 11) is 6.99. The van der Waals surface area contributed by atoms with E-state index in [-0.39, 0.29) is 6.04 Å². The van der Waals surface area contributed by atoms with Gasteiger partial charge in [-0.2, -0.15) is 5.10 Å². The van der Waals surface area contributed by atoms with E-state index in [2.05, 4.69) is 27.2 Å². The molecule has 3 aromatic carbocycles. The summed E-state index contributed by atoms with van der Waals surface area (Å²) in [5.41, 5.74) is 16.1. The molecule has 10 nitrogen and oxygen atoms in total. The number of aliphatic hydroxyl groups is 1. The number of hydrogen-bond donors (Lipinski definition) is 2. The van der Waals surface area contributed by atoms with Crippen molar-refractivity contribution >= 4 is 63.3 Å². The Bertz CT molecular complexity index is 2370. The Labute approximate surface area is 346 Å². The number of likely N-dealkylation sites (N-methyl/N-ethyl adjacent to an activating group) is 1. The van der Waals surface area contributed by atoms with Crippen molar-refractivity contribution in [3.63, 3.8) is 0 Å². The number of rotatable bonds is 13. The van der Waals surface area contributed by atoms with Gasteiger partial charge in [-0.25, -0.2) is 0 Å². The Kier molecular flexibility index (Phi) is 14.3. The van der Waals surface area contributed by atoms with E-state index in [9.17, 15) is 9.59 Å². The number of carbonyl (C=O) groups excluding carboxylic acids is 2. The molecule has 57 heavy (non-hydrogen) atoms. The Morgan fingerprint density at radius 3 is 2.23 bits per heavy atom. The van der Waals surface area contributed by atoms with Gasteiger partial charge in [0.15, 0.2) is 6.29 Å². The molecule has 0 aliphatic heterocycles. The SMILES string of the molecule is CO.Cc1cc(OCCCc2c(C=O)n([C@H](C)CN(C)c3cn(C)c4ccc(C=O)cc34)c3c(-c4c(C)nn(C)c4C)c(Cl)ccc23)cc(C)c1Cl.NCC1CC1. The number of aliphatic hydroxyl groups excluding tert-OH is 1. The van der Waals surface area contributed by atoms with Crippen LogP contribution in [0.4, 0.5) is 5.69 Å². The zero-order valence-corrected chi connectivity index (χ0v) is 36.1. The summed E-state index contributed by atoms with van der Waals surface area (Å²) in [6.07, 6.45) is 8.04. The van der Waals surface area contributed by atoms with E-state index < -0.39 is 0 Å². The minimum absolute atomic E-state index is 0.147. The first-order valence-electron chi connectivity index (χ1n) is 19.4. The molecule has 0 spiro atoms. The maximum atomic E-state index is 13.2. The number of aldehydes is 2. The lowest BCUT2D eigenvalue weighted by Crippen LogP contribution is -2.27. The molecule has 0 saturated heterocycles. The van der Waals surface area contributed by atoms with E-state index in [1.807, 2.05) is 96.0 Å². The first-order chi connectivity index (χ1) is 27.3. The van der Waals surface area contributed by atoms with Crippen LogP contribution in [0.1, 0.15) is 81.2 Å². The molecular formula is C45H56Cl2N6O4. The van der Waals surface area contributed by atoms with Crippen LogP contribution < -0.4 is 15.4 Å². The summed E-state index contributed by atoms with van der Waals surface area (Å²) in [6.45, 7) is 12.1. The second-order valence-electron chi connectivity index (χ2n) is 15.1. The van der Waals surface area contributed by atoms with Crippen LogP contribution in [-0.2, 0) is 20.5 Å².